The Morgan fingerprint density at radius 1 is 0.879 bits per heavy atom. The first-order chi connectivity index (χ1) is 16.1. The van der Waals surface area contributed by atoms with Gasteiger partial charge in [0, 0.05) is 18.2 Å². The molecule has 6 heteroatoms. The normalized spacial score (nSPS) is 21.3. The maximum Gasteiger partial charge on any atom is 0.256 e. The Labute approximate surface area is 194 Å². The Morgan fingerprint density at radius 3 is 2.42 bits per heavy atom. The van der Waals surface area contributed by atoms with Crippen molar-refractivity contribution in [2.45, 2.75) is 70.0 Å². The van der Waals surface area contributed by atoms with Crippen LogP contribution in [0.25, 0.3) is 0 Å². The van der Waals surface area contributed by atoms with E-state index in [1.807, 2.05) is 42.5 Å². The molecular weight excluding hydrogens is 414 g/mol. The number of hydrogen-bond donors (Lipinski definition) is 1. The average molecular weight is 446 g/mol. The standard InChI is InChI=1S/C27H31N3O3/c31-25(28-20-11-3-1-2-4-12-20)21-13-6-5-10-19(21)18-30-23-15-8-7-14-22(23)26(32)29-17-9-16-24(29)27(30)33/h5-8,10,13-15,20,24H,1-4,9,11-12,16-18H2,(H,28,31)/t24-/m0/s1. The third-order valence-corrected chi connectivity index (χ3v) is 7.27. The molecule has 1 saturated carbocycles. The number of rotatable bonds is 4. The SMILES string of the molecule is O=C(NC1CCCCCC1)c1ccccc1CN1C(=O)[C@@H]2CCCN2C(=O)c2ccccc21. The van der Waals surface area contributed by atoms with E-state index < -0.39 is 6.04 Å². The van der Waals surface area contributed by atoms with Crippen LogP contribution in [0.1, 0.15) is 77.6 Å². The molecule has 2 aromatic carbocycles. The summed E-state index contributed by atoms with van der Waals surface area (Å²) < 4.78 is 0. The number of carbonyl (C=O) groups excluding carboxylic acids is 3. The van der Waals surface area contributed by atoms with E-state index in [-0.39, 0.29) is 30.3 Å². The first-order valence-electron chi connectivity index (χ1n) is 12.2. The van der Waals surface area contributed by atoms with Crippen molar-refractivity contribution >= 4 is 23.4 Å². The maximum absolute atomic E-state index is 13.6. The van der Waals surface area contributed by atoms with Gasteiger partial charge in [-0.25, -0.2) is 0 Å². The van der Waals surface area contributed by atoms with Crippen LogP contribution < -0.4 is 10.2 Å². The fourth-order valence-corrected chi connectivity index (χ4v) is 5.51. The van der Waals surface area contributed by atoms with Gasteiger partial charge in [-0.15, -0.1) is 0 Å². The Bertz CT molecular complexity index is 1060. The number of amides is 3. The van der Waals surface area contributed by atoms with Crippen LogP contribution in [0.5, 0.6) is 0 Å². The summed E-state index contributed by atoms with van der Waals surface area (Å²) in [6.07, 6.45) is 8.32. The molecule has 0 radical (unpaired) electrons. The Balaban J connectivity index is 1.45. The summed E-state index contributed by atoms with van der Waals surface area (Å²) in [7, 11) is 0. The van der Waals surface area contributed by atoms with E-state index in [0.717, 1.165) is 37.7 Å². The monoisotopic (exact) mass is 445 g/mol. The zero-order chi connectivity index (χ0) is 22.8. The van der Waals surface area contributed by atoms with E-state index in [1.54, 1.807) is 15.9 Å². The zero-order valence-electron chi connectivity index (χ0n) is 19.0. The molecule has 33 heavy (non-hydrogen) atoms. The topological polar surface area (TPSA) is 69.7 Å². The summed E-state index contributed by atoms with van der Waals surface area (Å²) in [5, 5.41) is 3.23. The van der Waals surface area contributed by atoms with Crippen LogP contribution in [-0.4, -0.2) is 41.2 Å². The summed E-state index contributed by atoms with van der Waals surface area (Å²) in [6.45, 7) is 0.875. The highest BCUT2D eigenvalue weighted by molar-refractivity contribution is 6.11. The van der Waals surface area contributed by atoms with Crippen LogP contribution in [0, 0.1) is 0 Å². The van der Waals surface area contributed by atoms with Crippen LogP contribution in [0.3, 0.4) is 0 Å². The lowest BCUT2D eigenvalue weighted by atomic mass is 10.0. The predicted octanol–water partition coefficient (Wildman–Crippen LogP) is 4.29. The van der Waals surface area contributed by atoms with E-state index >= 15 is 0 Å². The minimum absolute atomic E-state index is 0.0650. The molecule has 2 aliphatic heterocycles. The molecule has 0 aromatic heterocycles. The minimum atomic E-state index is -0.433. The molecule has 6 nitrogen and oxygen atoms in total. The van der Waals surface area contributed by atoms with Gasteiger partial charge >= 0.3 is 0 Å². The fourth-order valence-electron chi connectivity index (χ4n) is 5.51. The van der Waals surface area contributed by atoms with Crippen LogP contribution in [-0.2, 0) is 11.3 Å². The van der Waals surface area contributed by atoms with Crippen LogP contribution >= 0.6 is 0 Å². The molecule has 1 atom stereocenters. The molecule has 0 unspecified atom stereocenters. The molecule has 5 rings (SSSR count). The first kappa shape index (κ1) is 21.7. The molecule has 1 N–H and O–H groups in total. The Morgan fingerprint density at radius 2 is 1.61 bits per heavy atom. The summed E-state index contributed by atoms with van der Waals surface area (Å²) in [5.41, 5.74) is 2.58. The lowest BCUT2D eigenvalue weighted by Gasteiger charge is -2.27. The number of carbonyl (C=O) groups is 3. The summed E-state index contributed by atoms with van der Waals surface area (Å²) in [4.78, 5) is 43.4. The van der Waals surface area contributed by atoms with Crippen LogP contribution in [0.2, 0.25) is 0 Å². The molecule has 3 aliphatic rings. The van der Waals surface area contributed by atoms with E-state index in [0.29, 0.717) is 29.8 Å². The number of anilines is 1. The van der Waals surface area contributed by atoms with Crippen molar-refractivity contribution in [1.82, 2.24) is 10.2 Å². The van der Waals surface area contributed by atoms with Gasteiger partial charge in [-0.05, 0) is 49.4 Å². The summed E-state index contributed by atoms with van der Waals surface area (Å²) >= 11 is 0. The van der Waals surface area contributed by atoms with E-state index in [4.69, 9.17) is 0 Å². The highest BCUT2D eigenvalue weighted by atomic mass is 16.2. The van der Waals surface area contributed by atoms with Crippen molar-refractivity contribution in [3.05, 3.63) is 65.2 Å². The van der Waals surface area contributed by atoms with Crippen molar-refractivity contribution in [2.75, 3.05) is 11.4 Å². The fraction of sp³-hybridized carbons (Fsp3) is 0.444. The maximum atomic E-state index is 13.6. The quantitative estimate of drug-likeness (QED) is 0.714. The van der Waals surface area contributed by atoms with Gasteiger partial charge in [-0.1, -0.05) is 56.0 Å². The second kappa shape index (κ2) is 9.38. The van der Waals surface area contributed by atoms with E-state index in [9.17, 15) is 14.4 Å². The predicted molar refractivity (Wildman–Crippen MR) is 127 cm³/mol. The van der Waals surface area contributed by atoms with E-state index in [2.05, 4.69) is 5.32 Å². The smallest absolute Gasteiger partial charge is 0.256 e. The van der Waals surface area contributed by atoms with Crippen molar-refractivity contribution < 1.29 is 14.4 Å². The van der Waals surface area contributed by atoms with Crippen molar-refractivity contribution in [3.8, 4) is 0 Å². The van der Waals surface area contributed by atoms with Crippen LogP contribution in [0.4, 0.5) is 5.69 Å². The van der Waals surface area contributed by atoms with Gasteiger partial charge in [0.05, 0.1) is 17.8 Å². The Hall–Kier alpha value is -3.15. The number of para-hydroxylation sites is 1. The molecular formula is C27H31N3O3. The Kier molecular flexibility index (Phi) is 6.16. The third kappa shape index (κ3) is 4.26. The molecule has 3 amide bonds. The first-order valence-corrected chi connectivity index (χ1v) is 12.2. The number of benzene rings is 2. The van der Waals surface area contributed by atoms with Gasteiger partial charge in [-0.2, -0.15) is 0 Å². The lowest BCUT2D eigenvalue weighted by Crippen LogP contribution is -2.44. The minimum Gasteiger partial charge on any atom is -0.349 e. The van der Waals surface area contributed by atoms with Gasteiger partial charge in [-0.3, -0.25) is 14.4 Å². The highest BCUT2D eigenvalue weighted by Crippen LogP contribution is 2.33. The molecule has 172 valence electrons. The summed E-state index contributed by atoms with van der Waals surface area (Å²) in [6, 6.07) is 14.6. The highest BCUT2D eigenvalue weighted by Gasteiger charge is 2.42. The average Bonchev–Trinajstić information content (AvgIpc) is 3.16. The molecule has 2 aromatic rings. The van der Waals surface area contributed by atoms with Crippen LogP contribution in [0.15, 0.2) is 48.5 Å². The second-order valence-electron chi connectivity index (χ2n) is 9.42. The molecule has 1 aliphatic carbocycles. The molecule has 1 saturated heterocycles. The molecule has 0 spiro atoms. The number of hydrogen-bond acceptors (Lipinski definition) is 3. The molecule has 2 heterocycles. The van der Waals surface area contributed by atoms with E-state index in [1.165, 1.54) is 12.8 Å². The zero-order valence-corrected chi connectivity index (χ0v) is 19.0. The number of nitrogens with zero attached hydrogens (tertiary/aromatic N) is 2. The second-order valence-corrected chi connectivity index (χ2v) is 9.42. The third-order valence-electron chi connectivity index (χ3n) is 7.27. The number of nitrogens with one attached hydrogen (secondary N) is 1. The van der Waals surface area contributed by atoms with Gasteiger partial charge in [0.1, 0.15) is 6.04 Å². The van der Waals surface area contributed by atoms with Crippen molar-refractivity contribution in [2.24, 2.45) is 0 Å². The molecule has 2 fully saturated rings. The van der Waals surface area contributed by atoms with Gasteiger partial charge < -0.3 is 15.1 Å². The van der Waals surface area contributed by atoms with Crippen molar-refractivity contribution in [1.29, 1.82) is 0 Å². The number of fused-ring (bicyclic) bond motifs is 2. The van der Waals surface area contributed by atoms with Gasteiger partial charge in [0.25, 0.3) is 11.8 Å². The lowest BCUT2D eigenvalue weighted by molar-refractivity contribution is -0.122. The van der Waals surface area contributed by atoms with Crippen molar-refractivity contribution in [3.63, 3.8) is 0 Å². The summed E-state index contributed by atoms with van der Waals surface area (Å²) in [5.74, 6) is -0.222. The van der Waals surface area contributed by atoms with Gasteiger partial charge in [0.15, 0.2) is 0 Å². The van der Waals surface area contributed by atoms with Gasteiger partial charge in [0.2, 0.25) is 5.91 Å². The largest absolute Gasteiger partial charge is 0.349 e. The molecule has 0 bridgehead atoms.